The highest BCUT2D eigenvalue weighted by Crippen LogP contribution is 2.30. The van der Waals surface area contributed by atoms with Gasteiger partial charge in [-0.05, 0) is 57.0 Å². The zero-order valence-electron chi connectivity index (χ0n) is 14.2. The Morgan fingerprint density at radius 3 is 2.82 bits per heavy atom. The number of hydrogen-bond acceptors (Lipinski definition) is 4. The van der Waals surface area contributed by atoms with E-state index in [9.17, 15) is 0 Å². The molecule has 1 aromatic rings. The van der Waals surface area contributed by atoms with E-state index < -0.39 is 0 Å². The molecule has 1 aliphatic rings. The fourth-order valence-corrected chi connectivity index (χ4v) is 3.16. The summed E-state index contributed by atoms with van der Waals surface area (Å²) in [6, 6.07) is 5.15. The van der Waals surface area contributed by atoms with Crippen molar-refractivity contribution in [1.82, 2.24) is 10.2 Å². The summed E-state index contributed by atoms with van der Waals surface area (Å²) < 4.78 is 5.85. The number of ether oxygens (including phenoxy) is 1. The Morgan fingerprint density at radius 2 is 2.14 bits per heavy atom. The van der Waals surface area contributed by atoms with Gasteiger partial charge in [-0.25, -0.2) is 0 Å². The number of aliphatic hydroxyl groups is 1. The van der Waals surface area contributed by atoms with E-state index in [0.717, 1.165) is 44.8 Å². The molecule has 1 unspecified atom stereocenters. The van der Waals surface area contributed by atoms with Gasteiger partial charge < -0.3 is 15.2 Å². The van der Waals surface area contributed by atoms with Crippen molar-refractivity contribution in [2.24, 2.45) is 0 Å². The molecule has 0 amide bonds. The zero-order valence-corrected chi connectivity index (χ0v) is 14.2. The first kappa shape index (κ1) is 17.3. The number of hydrogen-bond donors (Lipinski definition) is 2. The van der Waals surface area contributed by atoms with Crippen molar-refractivity contribution in [2.45, 2.75) is 52.7 Å². The molecule has 0 radical (unpaired) electrons. The number of likely N-dealkylation sites (N-methyl/N-ethyl adjacent to an activating group) is 1. The molecule has 2 rings (SSSR count). The summed E-state index contributed by atoms with van der Waals surface area (Å²) in [4.78, 5) is 2.51. The normalized spacial score (nSPS) is 18.3. The Bertz CT molecular complexity index is 476. The van der Waals surface area contributed by atoms with Crippen molar-refractivity contribution in [3.8, 4) is 5.75 Å². The second-order valence-electron chi connectivity index (χ2n) is 6.03. The molecule has 124 valence electrons. The van der Waals surface area contributed by atoms with Gasteiger partial charge in [-0.1, -0.05) is 13.0 Å². The van der Waals surface area contributed by atoms with Crippen molar-refractivity contribution in [1.29, 1.82) is 0 Å². The largest absolute Gasteiger partial charge is 0.494 e. The van der Waals surface area contributed by atoms with Gasteiger partial charge in [0.25, 0.3) is 0 Å². The smallest absolute Gasteiger partial charge is 0.124 e. The maximum atomic E-state index is 8.87. The lowest BCUT2D eigenvalue weighted by atomic mass is 9.92. The van der Waals surface area contributed by atoms with Crippen molar-refractivity contribution < 1.29 is 9.84 Å². The Balaban J connectivity index is 2.17. The second kappa shape index (κ2) is 8.51. The first-order valence-electron chi connectivity index (χ1n) is 8.52. The van der Waals surface area contributed by atoms with Crippen LogP contribution in [-0.2, 0) is 19.5 Å². The van der Waals surface area contributed by atoms with E-state index in [1.165, 1.54) is 16.7 Å². The van der Waals surface area contributed by atoms with Crippen LogP contribution in [0.5, 0.6) is 5.75 Å². The molecule has 1 atom stereocenters. The van der Waals surface area contributed by atoms with E-state index in [4.69, 9.17) is 9.84 Å². The minimum absolute atomic E-state index is 0.236. The monoisotopic (exact) mass is 306 g/mol. The third-order valence-electron chi connectivity index (χ3n) is 4.43. The molecule has 0 bridgehead atoms. The second-order valence-corrected chi connectivity index (χ2v) is 6.03. The molecule has 0 fully saturated rings. The maximum Gasteiger partial charge on any atom is 0.124 e. The van der Waals surface area contributed by atoms with Crippen LogP contribution in [0.3, 0.4) is 0 Å². The van der Waals surface area contributed by atoms with Gasteiger partial charge in [0.15, 0.2) is 0 Å². The summed E-state index contributed by atoms with van der Waals surface area (Å²) in [6.07, 6.45) is 1.90. The zero-order chi connectivity index (χ0) is 15.9. The van der Waals surface area contributed by atoms with E-state index in [-0.39, 0.29) is 6.61 Å². The van der Waals surface area contributed by atoms with Gasteiger partial charge in [0.05, 0.1) is 6.61 Å². The fourth-order valence-electron chi connectivity index (χ4n) is 3.16. The molecule has 0 aromatic heterocycles. The summed E-state index contributed by atoms with van der Waals surface area (Å²) in [5.74, 6) is 1.00. The van der Waals surface area contributed by atoms with Gasteiger partial charge in [-0.15, -0.1) is 0 Å². The predicted octanol–water partition coefficient (Wildman–Crippen LogP) is 2.32. The maximum absolute atomic E-state index is 8.87. The molecule has 4 nitrogen and oxygen atoms in total. The summed E-state index contributed by atoms with van der Waals surface area (Å²) >= 11 is 0. The molecule has 1 aliphatic heterocycles. The van der Waals surface area contributed by atoms with Crippen molar-refractivity contribution in [2.75, 3.05) is 26.3 Å². The average molecular weight is 306 g/mol. The standard InChI is InChI=1S/C18H30N2O2/c1-4-20-13-17-11-18(22-5-2)16(12-19-7-6-8-21)10-15(17)9-14(20)3/h10-11,14,19,21H,4-9,12-13H2,1-3H3. The molecular formula is C18H30N2O2. The van der Waals surface area contributed by atoms with Crippen LogP contribution in [-0.4, -0.2) is 42.4 Å². The van der Waals surface area contributed by atoms with Gasteiger partial charge in [-0.2, -0.15) is 0 Å². The minimum atomic E-state index is 0.236. The molecule has 0 aliphatic carbocycles. The van der Waals surface area contributed by atoms with Gasteiger partial charge in [0.1, 0.15) is 5.75 Å². The van der Waals surface area contributed by atoms with Gasteiger partial charge in [0, 0.05) is 31.3 Å². The SMILES string of the molecule is CCOc1cc2c(cc1CNCCCO)CC(C)N(CC)C2. The highest BCUT2D eigenvalue weighted by molar-refractivity contribution is 5.44. The van der Waals surface area contributed by atoms with Crippen molar-refractivity contribution >= 4 is 0 Å². The lowest BCUT2D eigenvalue weighted by Gasteiger charge is -2.34. The highest BCUT2D eigenvalue weighted by atomic mass is 16.5. The van der Waals surface area contributed by atoms with Crippen LogP contribution in [0, 0.1) is 0 Å². The van der Waals surface area contributed by atoms with E-state index >= 15 is 0 Å². The molecule has 0 spiro atoms. The minimum Gasteiger partial charge on any atom is -0.494 e. The molecule has 0 saturated carbocycles. The van der Waals surface area contributed by atoms with Crippen molar-refractivity contribution in [3.63, 3.8) is 0 Å². The highest BCUT2D eigenvalue weighted by Gasteiger charge is 2.23. The number of fused-ring (bicyclic) bond motifs is 1. The van der Waals surface area contributed by atoms with Crippen LogP contribution in [0.1, 0.15) is 43.9 Å². The number of benzene rings is 1. The lowest BCUT2D eigenvalue weighted by Crippen LogP contribution is -2.38. The average Bonchev–Trinajstić information content (AvgIpc) is 2.51. The Hall–Kier alpha value is -1.10. The van der Waals surface area contributed by atoms with Crippen LogP contribution in [0.15, 0.2) is 12.1 Å². The van der Waals surface area contributed by atoms with Crippen LogP contribution >= 0.6 is 0 Å². The van der Waals surface area contributed by atoms with Crippen LogP contribution in [0.4, 0.5) is 0 Å². The number of rotatable bonds is 8. The molecule has 2 N–H and O–H groups in total. The first-order valence-corrected chi connectivity index (χ1v) is 8.52. The van der Waals surface area contributed by atoms with E-state index in [1.807, 2.05) is 6.92 Å². The number of nitrogens with zero attached hydrogens (tertiary/aromatic N) is 1. The third kappa shape index (κ3) is 4.22. The van der Waals surface area contributed by atoms with Gasteiger partial charge in [0.2, 0.25) is 0 Å². The summed E-state index contributed by atoms with van der Waals surface area (Å²) in [5.41, 5.74) is 4.10. The molecule has 22 heavy (non-hydrogen) atoms. The first-order chi connectivity index (χ1) is 10.7. The quantitative estimate of drug-likeness (QED) is 0.724. The fraction of sp³-hybridized carbons (Fsp3) is 0.667. The van der Waals surface area contributed by atoms with Crippen LogP contribution < -0.4 is 10.1 Å². The topological polar surface area (TPSA) is 44.7 Å². The van der Waals surface area contributed by atoms with Crippen LogP contribution in [0.25, 0.3) is 0 Å². The molecule has 4 heteroatoms. The number of nitrogens with one attached hydrogen (secondary N) is 1. The molecule has 1 heterocycles. The van der Waals surface area contributed by atoms with Gasteiger partial charge >= 0.3 is 0 Å². The van der Waals surface area contributed by atoms with Gasteiger partial charge in [-0.3, -0.25) is 4.90 Å². The van der Waals surface area contributed by atoms with E-state index in [1.54, 1.807) is 0 Å². The third-order valence-corrected chi connectivity index (χ3v) is 4.43. The predicted molar refractivity (Wildman–Crippen MR) is 90.3 cm³/mol. The Labute approximate surface area is 134 Å². The van der Waals surface area contributed by atoms with Crippen LogP contribution in [0.2, 0.25) is 0 Å². The Kier molecular flexibility index (Phi) is 6.68. The molecular weight excluding hydrogens is 276 g/mol. The van der Waals surface area contributed by atoms with E-state index in [2.05, 4.69) is 36.2 Å². The summed E-state index contributed by atoms with van der Waals surface area (Å²) in [7, 11) is 0. The van der Waals surface area contributed by atoms with Crippen molar-refractivity contribution in [3.05, 3.63) is 28.8 Å². The summed E-state index contributed by atoms with van der Waals surface area (Å²) in [6.45, 7) is 11.2. The summed E-state index contributed by atoms with van der Waals surface area (Å²) in [5, 5.41) is 12.3. The molecule has 1 aromatic carbocycles. The van der Waals surface area contributed by atoms with E-state index in [0.29, 0.717) is 12.6 Å². The molecule has 0 saturated heterocycles. The number of aliphatic hydroxyl groups excluding tert-OH is 1. The Morgan fingerprint density at radius 1 is 1.32 bits per heavy atom. The lowest BCUT2D eigenvalue weighted by molar-refractivity contribution is 0.194.